The van der Waals surface area contributed by atoms with Crippen LogP contribution in [0.15, 0.2) is 48.7 Å². The molecule has 2 aromatic rings. The molecule has 0 saturated heterocycles. The van der Waals surface area contributed by atoms with Crippen molar-refractivity contribution in [3.05, 3.63) is 59.9 Å². The van der Waals surface area contributed by atoms with Gasteiger partial charge in [0.15, 0.2) is 0 Å². The van der Waals surface area contributed by atoms with Gasteiger partial charge in [-0.3, -0.25) is 9.68 Å². The normalized spacial score (nSPS) is 13.4. The molecular formula is C15H15NO5. The molecular weight excluding hydrogens is 274 g/mol. The minimum atomic E-state index is -1.94. The summed E-state index contributed by atoms with van der Waals surface area (Å²) in [5.41, 5.74) is -1.36. The van der Waals surface area contributed by atoms with Crippen LogP contribution in [0.2, 0.25) is 0 Å². The lowest BCUT2D eigenvalue weighted by molar-refractivity contribution is -0.268. The third-order valence-electron chi connectivity index (χ3n) is 3.09. The van der Waals surface area contributed by atoms with Gasteiger partial charge in [0.2, 0.25) is 5.78 Å². The Morgan fingerprint density at radius 2 is 1.76 bits per heavy atom. The first-order valence-corrected chi connectivity index (χ1v) is 6.20. The van der Waals surface area contributed by atoms with Crippen LogP contribution in [-0.4, -0.2) is 31.0 Å². The minimum absolute atomic E-state index is 0.265. The molecule has 1 N–H and O–H groups in total. The SMILES string of the molecule is COOC(=O)C(OC)(C(=O)c1ccccc1)c1ccc[nH]1. The molecule has 0 radical (unpaired) electrons. The Hall–Kier alpha value is -2.44. The Morgan fingerprint density at radius 3 is 2.29 bits per heavy atom. The summed E-state index contributed by atoms with van der Waals surface area (Å²) in [6.45, 7) is 0. The van der Waals surface area contributed by atoms with Crippen LogP contribution >= 0.6 is 0 Å². The fourth-order valence-electron chi connectivity index (χ4n) is 2.09. The second-order valence-electron chi connectivity index (χ2n) is 4.20. The summed E-state index contributed by atoms with van der Waals surface area (Å²) in [6, 6.07) is 11.6. The number of benzene rings is 1. The summed E-state index contributed by atoms with van der Waals surface area (Å²) in [6.07, 6.45) is 1.58. The highest BCUT2D eigenvalue weighted by Crippen LogP contribution is 2.30. The van der Waals surface area contributed by atoms with Crippen LogP contribution in [0.5, 0.6) is 0 Å². The first kappa shape index (κ1) is 15.0. The van der Waals surface area contributed by atoms with Crippen molar-refractivity contribution in [2.24, 2.45) is 0 Å². The van der Waals surface area contributed by atoms with Gasteiger partial charge in [-0.25, -0.2) is 4.79 Å². The molecule has 110 valence electrons. The van der Waals surface area contributed by atoms with Crippen LogP contribution in [-0.2, 0) is 24.9 Å². The Balaban J connectivity index is 2.55. The van der Waals surface area contributed by atoms with E-state index in [4.69, 9.17) is 4.74 Å². The Morgan fingerprint density at radius 1 is 1.05 bits per heavy atom. The Bertz CT molecular complexity index is 608. The number of hydrogen-bond acceptors (Lipinski definition) is 5. The summed E-state index contributed by atoms with van der Waals surface area (Å²) < 4.78 is 5.28. The number of ketones is 1. The molecule has 1 heterocycles. The van der Waals surface area contributed by atoms with Crippen LogP contribution in [0, 0.1) is 0 Å². The number of Topliss-reactive ketones (excluding diaryl/α,β-unsaturated/α-hetero) is 1. The molecule has 0 fully saturated rings. The van der Waals surface area contributed by atoms with E-state index >= 15 is 0 Å². The second-order valence-corrected chi connectivity index (χ2v) is 4.20. The molecule has 0 amide bonds. The van der Waals surface area contributed by atoms with Gasteiger partial charge in [-0.15, -0.1) is 0 Å². The minimum Gasteiger partial charge on any atom is -0.362 e. The fourth-order valence-corrected chi connectivity index (χ4v) is 2.09. The van der Waals surface area contributed by atoms with Gasteiger partial charge in [-0.2, -0.15) is 4.89 Å². The molecule has 1 aromatic heterocycles. The van der Waals surface area contributed by atoms with Crippen molar-refractivity contribution in [1.29, 1.82) is 0 Å². The largest absolute Gasteiger partial charge is 0.388 e. The van der Waals surface area contributed by atoms with Crippen molar-refractivity contribution in [1.82, 2.24) is 4.98 Å². The maximum Gasteiger partial charge on any atom is 0.388 e. The summed E-state index contributed by atoms with van der Waals surface area (Å²) in [5, 5.41) is 0. The molecule has 6 nitrogen and oxygen atoms in total. The van der Waals surface area contributed by atoms with Crippen molar-refractivity contribution in [3.63, 3.8) is 0 Å². The fraction of sp³-hybridized carbons (Fsp3) is 0.200. The van der Waals surface area contributed by atoms with E-state index < -0.39 is 17.4 Å². The van der Waals surface area contributed by atoms with Gasteiger partial charge < -0.3 is 9.72 Å². The molecule has 0 aliphatic rings. The van der Waals surface area contributed by atoms with Gasteiger partial charge in [0.05, 0.1) is 12.8 Å². The van der Waals surface area contributed by atoms with E-state index in [1.54, 1.807) is 48.7 Å². The highest BCUT2D eigenvalue weighted by atomic mass is 17.2. The second kappa shape index (κ2) is 6.34. The first-order chi connectivity index (χ1) is 10.2. The number of nitrogens with one attached hydrogen (secondary N) is 1. The summed E-state index contributed by atoms with van der Waals surface area (Å²) >= 11 is 0. The monoisotopic (exact) mass is 289 g/mol. The van der Waals surface area contributed by atoms with Crippen molar-refractivity contribution in [3.8, 4) is 0 Å². The zero-order valence-electron chi connectivity index (χ0n) is 11.7. The van der Waals surface area contributed by atoms with Crippen LogP contribution in [0.25, 0.3) is 0 Å². The number of aromatic amines is 1. The van der Waals surface area contributed by atoms with E-state index in [0.717, 1.165) is 0 Å². The molecule has 6 heteroatoms. The highest BCUT2D eigenvalue weighted by Gasteiger charge is 2.51. The van der Waals surface area contributed by atoms with Crippen molar-refractivity contribution in [2.75, 3.05) is 14.2 Å². The summed E-state index contributed by atoms with van der Waals surface area (Å²) in [4.78, 5) is 36.9. The molecule has 0 bridgehead atoms. The molecule has 1 atom stereocenters. The predicted molar refractivity (Wildman–Crippen MR) is 73.4 cm³/mol. The standard InChI is InChI=1S/C15H15NO5/c1-19-15(14(18)21-20-2,12-9-6-10-16-12)13(17)11-7-4-3-5-8-11/h3-10,16H,1-2H3. The Labute approximate surface area is 121 Å². The zero-order chi connectivity index (χ0) is 15.3. The van der Waals surface area contributed by atoms with Gasteiger partial charge in [0, 0.05) is 18.9 Å². The smallest absolute Gasteiger partial charge is 0.362 e. The van der Waals surface area contributed by atoms with Crippen LogP contribution in [0.1, 0.15) is 16.1 Å². The average Bonchev–Trinajstić information content (AvgIpc) is 3.04. The third kappa shape index (κ3) is 2.58. The number of ether oxygens (including phenoxy) is 1. The number of aromatic nitrogens is 1. The van der Waals surface area contributed by atoms with E-state index in [1.807, 2.05) is 0 Å². The Kier molecular flexibility index (Phi) is 4.52. The van der Waals surface area contributed by atoms with Crippen LogP contribution in [0.3, 0.4) is 0 Å². The maximum absolute atomic E-state index is 12.8. The number of hydrogen-bond donors (Lipinski definition) is 1. The lowest BCUT2D eigenvalue weighted by Crippen LogP contribution is -2.47. The van der Waals surface area contributed by atoms with Gasteiger partial charge in [0.1, 0.15) is 0 Å². The van der Waals surface area contributed by atoms with Crippen molar-refractivity contribution >= 4 is 11.8 Å². The zero-order valence-corrected chi connectivity index (χ0v) is 11.7. The lowest BCUT2D eigenvalue weighted by atomic mass is 9.89. The van der Waals surface area contributed by atoms with Crippen LogP contribution < -0.4 is 0 Å². The lowest BCUT2D eigenvalue weighted by Gasteiger charge is -2.26. The number of H-pyrrole nitrogens is 1. The van der Waals surface area contributed by atoms with Crippen molar-refractivity contribution in [2.45, 2.75) is 5.60 Å². The number of rotatable bonds is 6. The molecule has 0 aliphatic heterocycles. The van der Waals surface area contributed by atoms with Gasteiger partial charge in [-0.1, -0.05) is 30.3 Å². The molecule has 1 aromatic carbocycles. The van der Waals surface area contributed by atoms with E-state index in [-0.39, 0.29) is 5.69 Å². The van der Waals surface area contributed by atoms with E-state index in [0.29, 0.717) is 5.56 Å². The predicted octanol–water partition coefficient (Wildman–Crippen LogP) is 1.84. The maximum atomic E-state index is 12.8. The summed E-state index contributed by atoms with van der Waals surface area (Å²) in [7, 11) is 2.44. The van der Waals surface area contributed by atoms with Gasteiger partial charge in [0.25, 0.3) is 5.60 Å². The quantitative estimate of drug-likeness (QED) is 0.380. The van der Waals surface area contributed by atoms with Crippen molar-refractivity contribution < 1.29 is 24.1 Å². The average molecular weight is 289 g/mol. The summed E-state index contributed by atoms with van der Waals surface area (Å²) in [5.74, 6) is -1.50. The molecule has 0 aliphatic carbocycles. The number of carbonyl (C=O) groups is 2. The third-order valence-corrected chi connectivity index (χ3v) is 3.09. The van der Waals surface area contributed by atoms with E-state index in [1.165, 1.54) is 14.2 Å². The van der Waals surface area contributed by atoms with E-state index in [2.05, 4.69) is 14.8 Å². The highest BCUT2D eigenvalue weighted by molar-refractivity contribution is 6.15. The molecule has 1 unspecified atom stereocenters. The number of methoxy groups -OCH3 is 1. The number of carbonyl (C=O) groups excluding carboxylic acids is 2. The topological polar surface area (TPSA) is 77.6 Å². The molecule has 0 spiro atoms. The first-order valence-electron chi connectivity index (χ1n) is 6.20. The van der Waals surface area contributed by atoms with Gasteiger partial charge >= 0.3 is 5.97 Å². The van der Waals surface area contributed by atoms with Gasteiger partial charge in [-0.05, 0) is 12.1 Å². The molecule has 0 saturated carbocycles. The molecule has 21 heavy (non-hydrogen) atoms. The molecule has 2 rings (SSSR count). The van der Waals surface area contributed by atoms with E-state index in [9.17, 15) is 9.59 Å². The van der Waals surface area contributed by atoms with Crippen LogP contribution in [0.4, 0.5) is 0 Å².